The number of nitrogens with zero attached hydrogens (tertiary/aromatic N) is 2. The summed E-state index contributed by atoms with van der Waals surface area (Å²) < 4.78 is 13.9. The smallest absolute Gasteiger partial charge is 0.260 e. The predicted molar refractivity (Wildman–Crippen MR) is 83.2 cm³/mol. The molecule has 1 aliphatic carbocycles. The van der Waals surface area contributed by atoms with Crippen molar-refractivity contribution in [2.24, 2.45) is 5.92 Å². The molecule has 0 N–H and O–H groups in total. The third kappa shape index (κ3) is 2.36. The zero-order chi connectivity index (χ0) is 15.2. The van der Waals surface area contributed by atoms with E-state index in [0.29, 0.717) is 31.8 Å². The van der Waals surface area contributed by atoms with Crippen molar-refractivity contribution in [3.63, 3.8) is 0 Å². The Kier molecular flexibility index (Phi) is 3.13. The maximum atomic E-state index is 13.9. The first-order chi connectivity index (χ1) is 10.7. The summed E-state index contributed by atoms with van der Waals surface area (Å²) in [6.45, 7) is 1.37. The van der Waals surface area contributed by atoms with Gasteiger partial charge >= 0.3 is 0 Å². The summed E-state index contributed by atoms with van der Waals surface area (Å²) in [7, 11) is 0. The topological polar surface area (TPSA) is 33.2 Å². The number of carbonyl (C=O) groups excluding carboxylic acids is 1. The van der Waals surface area contributed by atoms with Gasteiger partial charge in [0.05, 0.1) is 5.52 Å². The molecule has 4 heteroatoms. The highest BCUT2D eigenvalue weighted by Crippen LogP contribution is 2.42. The van der Waals surface area contributed by atoms with Crippen molar-refractivity contribution in [1.29, 1.82) is 0 Å². The van der Waals surface area contributed by atoms with Crippen LogP contribution in [0.4, 0.5) is 4.39 Å². The van der Waals surface area contributed by atoms with Gasteiger partial charge < -0.3 is 4.90 Å². The number of alkyl halides is 1. The number of halogens is 1. The minimum atomic E-state index is -1.53. The van der Waals surface area contributed by atoms with E-state index in [0.717, 1.165) is 18.4 Å². The Morgan fingerprint density at radius 1 is 1.32 bits per heavy atom. The summed E-state index contributed by atoms with van der Waals surface area (Å²) in [5.41, 5.74) is 0.746. The number of benzene rings is 1. The van der Waals surface area contributed by atoms with Gasteiger partial charge in [0, 0.05) is 24.7 Å². The Morgan fingerprint density at radius 2 is 2.14 bits per heavy atom. The molecule has 4 rings (SSSR count). The van der Waals surface area contributed by atoms with E-state index >= 15 is 0 Å². The average molecular weight is 298 g/mol. The first-order valence-electron chi connectivity index (χ1n) is 7.97. The fourth-order valence-electron chi connectivity index (χ4n) is 3.43. The van der Waals surface area contributed by atoms with Gasteiger partial charge in [0.15, 0.2) is 5.67 Å². The first kappa shape index (κ1) is 13.7. The molecule has 1 amide bonds. The van der Waals surface area contributed by atoms with Crippen LogP contribution in [-0.4, -0.2) is 34.5 Å². The van der Waals surface area contributed by atoms with Crippen LogP contribution in [0.1, 0.15) is 24.8 Å². The second-order valence-electron chi connectivity index (χ2n) is 6.56. The molecule has 2 fully saturated rings. The molecule has 1 aromatic heterocycles. The zero-order valence-corrected chi connectivity index (χ0v) is 12.5. The van der Waals surface area contributed by atoms with Crippen LogP contribution in [-0.2, 0) is 11.2 Å². The molecule has 0 spiro atoms. The van der Waals surface area contributed by atoms with Crippen molar-refractivity contribution < 1.29 is 9.18 Å². The van der Waals surface area contributed by atoms with Gasteiger partial charge in [0.1, 0.15) is 0 Å². The van der Waals surface area contributed by atoms with Crippen LogP contribution in [0.3, 0.4) is 0 Å². The van der Waals surface area contributed by atoms with Gasteiger partial charge in [0.25, 0.3) is 5.91 Å². The number of pyridine rings is 1. The van der Waals surface area contributed by atoms with Crippen LogP contribution in [0, 0.1) is 5.92 Å². The Bertz CT molecular complexity index is 721. The molecule has 3 nitrogen and oxygen atoms in total. The molecule has 22 heavy (non-hydrogen) atoms. The van der Waals surface area contributed by atoms with Crippen molar-refractivity contribution in [2.75, 3.05) is 13.1 Å². The highest BCUT2D eigenvalue weighted by molar-refractivity contribution is 5.88. The highest BCUT2D eigenvalue weighted by atomic mass is 19.1. The molecule has 2 aromatic rings. The van der Waals surface area contributed by atoms with E-state index in [4.69, 9.17) is 0 Å². The monoisotopic (exact) mass is 298 g/mol. The molecule has 114 valence electrons. The van der Waals surface area contributed by atoms with Gasteiger partial charge in [-0.2, -0.15) is 0 Å². The van der Waals surface area contributed by atoms with E-state index in [2.05, 4.69) is 17.1 Å². The van der Waals surface area contributed by atoms with Crippen LogP contribution in [0.5, 0.6) is 0 Å². The molecule has 0 bridgehead atoms. The van der Waals surface area contributed by atoms with E-state index in [1.165, 1.54) is 10.9 Å². The lowest BCUT2D eigenvalue weighted by Gasteiger charge is -2.18. The predicted octanol–water partition coefficient (Wildman–Crippen LogP) is 3.13. The molecule has 0 radical (unpaired) electrons. The zero-order valence-electron chi connectivity index (χ0n) is 12.5. The summed E-state index contributed by atoms with van der Waals surface area (Å²) in [6, 6.07) is 10.2. The Labute approximate surface area is 129 Å². The molecule has 1 aliphatic heterocycles. The van der Waals surface area contributed by atoms with Gasteiger partial charge in [0.2, 0.25) is 0 Å². The fraction of sp³-hybridized carbons (Fsp3) is 0.444. The SMILES string of the molecule is O=C(N1CCC(Cc2ccnc3ccccc23)C1)C1(F)CC1. The summed E-state index contributed by atoms with van der Waals surface area (Å²) in [5.74, 6) is 0.131. The quantitative estimate of drug-likeness (QED) is 0.872. The molecule has 2 heterocycles. The van der Waals surface area contributed by atoms with Crippen LogP contribution in [0.2, 0.25) is 0 Å². The summed E-state index contributed by atoms with van der Waals surface area (Å²) >= 11 is 0. The number of fused-ring (bicyclic) bond motifs is 1. The summed E-state index contributed by atoms with van der Waals surface area (Å²) in [5, 5.41) is 1.18. The van der Waals surface area contributed by atoms with E-state index in [9.17, 15) is 9.18 Å². The van der Waals surface area contributed by atoms with Crippen molar-refractivity contribution in [3.05, 3.63) is 42.1 Å². The second-order valence-corrected chi connectivity index (χ2v) is 6.56. The molecular weight excluding hydrogens is 279 g/mol. The standard InChI is InChI=1S/C18H19FN2O/c19-18(7-8-18)17(22)21-10-6-13(12-21)11-14-5-9-20-16-4-2-1-3-15(14)16/h1-5,9,13H,6-8,10-12H2. The van der Waals surface area contributed by atoms with Gasteiger partial charge in [-0.3, -0.25) is 9.78 Å². The second kappa shape index (κ2) is 5.04. The van der Waals surface area contributed by atoms with Crippen LogP contribution in [0.25, 0.3) is 10.9 Å². The molecule has 1 unspecified atom stereocenters. The lowest BCUT2D eigenvalue weighted by molar-refractivity contribution is -0.137. The number of rotatable bonds is 3. The highest BCUT2D eigenvalue weighted by Gasteiger charge is 2.53. The van der Waals surface area contributed by atoms with Gasteiger partial charge in [-0.25, -0.2) is 4.39 Å². The first-order valence-corrected chi connectivity index (χ1v) is 7.97. The lowest BCUT2D eigenvalue weighted by atomic mass is 9.96. The maximum absolute atomic E-state index is 13.9. The third-order valence-electron chi connectivity index (χ3n) is 4.89. The van der Waals surface area contributed by atoms with E-state index in [-0.39, 0.29) is 5.91 Å². The number of likely N-dealkylation sites (tertiary alicyclic amines) is 1. The number of amides is 1. The number of hydrogen-bond acceptors (Lipinski definition) is 2. The van der Waals surface area contributed by atoms with Crippen LogP contribution in [0.15, 0.2) is 36.5 Å². The van der Waals surface area contributed by atoms with Crippen molar-refractivity contribution >= 4 is 16.8 Å². The van der Waals surface area contributed by atoms with Gasteiger partial charge in [-0.15, -0.1) is 0 Å². The number of para-hydroxylation sites is 1. The maximum Gasteiger partial charge on any atom is 0.260 e. The van der Waals surface area contributed by atoms with Crippen LogP contribution >= 0.6 is 0 Å². The minimum absolute atomic E-state index is 0.283. The normalized spacial score (nSPS) is 23.0. The molecule has 1 aromatic carbocycles. The fourth-order valence-corrected chi connectivity index (χ4v) is 3.43. The van der Waals surface area contributed by atoms with E-state index in [1.54, 1.807) is 4.90 Å². The molecular formula is C18H19FN2O. The van der Waals surface area contributed by atoms with Gasteiger partial charge in [-0.05, 0) is 49.3 Å². The molecule has 1 saturated carbocycles. The number of carbonyl (C=O) groups is 1. The molecule has 2 aliphatic rings. The summed E-state index contributed by atoms with van der Waals surface area (Å²) in [4.78, 5) is 18.2. The minimum Gasteiger partial charge on any atom is -0.340 e. The van der Waals surface area contributed by atoms with E-state index in [1.807, 2.05) is 24.4 Å². The Hall–Kier alpha value is -1.97. The molecule has 1 saturated heterocycles. The lowest BCUT2D eigenvalue weighted by Crippen LogP contribution is -2.36. The van der Waals surface area contributed by atoms with Crippen LogP contribution < -0.4 is 0 Å². The van der Waals surface area contributed by atoms with E-state index < -0.39 is 5.67 Å². The number of aromatic nitrogens is 1. The Morgan fingerprint density at radius 3 is 2.95 bits per heavy atom. The largest absolute Gasteiger partial charge is 0.340 e. The Balaban J connectivity index is 1.49. The van der Waals surface area contributed by atoms with Crippen molar-refractivity contribution in [3.8, 4) is 0 Å². The van der Waals surface area contributed by atoms with Gasteiger partial charge in [-0.1, -0.05) is 18.2 Å². The summed E-state index contributed by atoms with van der Waals surface area (Å²) in [6.07, 6.45) is 4.53. The van der Waals surface area contributed by atoms with Crippen molar-refractivity contribution in [2.45, 2.75) is 31.4 Å². The third-order valence-corrected chi connectivity index (χ3v) is 4.89. The molecule has 1 atom stereocenters. The average Bonchev–Trinajstić information content (AvgIpc) is 3.12. The van der Waals surface area contributed by atoms with Crippen molar-refractivity contribution in [1.82, 2.24) is 9.88 Å². The number of hydrogen-bond donors (Lipinski definition) is 0.